The minimum absolute atomic E-state index is 0.230. The lowest BCUT2D eigenvalue weighted by Crippen LogP contribution is -1.90. The van der Waals surface area contributed by atoms with Gasteiger partial charge in [-0.15, -0.1) is 0 Å². The molecule has 0 atom stereocenters. The number of hydrogen-bond donors (Lipinski definition) is 0. The van der Waals surface area contributed by atoms with Crippen LogP contribution in [0, 0.1) is 18.6 Å². The molecule has 0 N–H and O–H groups in total. The van der Waals surface area contributed by atoms with Crippen molar-refractivity contribution in [3.63, 3.8) is 0 Å². The van der Waals surface area contributed by atoms with Gasteiger partial charge in [-0.3, -0.25) is 4.79 Å². The Labute approximate surface area is 97.7 Å². The topological polar surface area (TPSA) is 17.1 Å². The van der Waals surface area contributed by atoms with Gasteiger partial charge in [-0.05, 0) is 42.3 Å². The van der Waals surface area contributed by atoms with Crippen LogP contribution in [0.25, 0.3) is 11.1 Å². The summed E-state index contributed by atoms with van der Waals surface area (Å²) in [6, 6.07) is 8.48. The van der Waals surface area contributed by atoms with Crippen molar-refractivity contribution in [3.8, 4) is 11.1 Å². The van der Waals surface area contributed by atoms with Crippen molar-refractivity contribution in [2.45, 2.75) is 6.92 Å². The van der Waals surface area contributed by atoms with Crippen LogP contribution in [0.5, 0.6) is 0 Å². The maximum Gasteiger partial charge on any atom is 0.150 e. The lowest BCUT2D eigenvalue weighted by molar-refractivity contribution is 0.112. The van der Waals surface area contributed by atoms with Gasteiger partial charge in [0.25, 0.3) is 0 Å². The highest BCUT2D eigenvalue weighted by molar-refractivity contribution is 5.79. The zero-order valence-corrected chi connectivity index (χ0v) is 9.21. The average Bonchev–Trinajstić information content (AvgIpc) is 2.33. The largest absolute Gasteiger partial charge is 0.298 e. The third kappa shape index (κ3) is 2.23. The van der Waals surface area contributed by atoms with Crippen molar-refractivity contribution in [2.75, 3.05) is 0 Å². The Hall–Kier alpha value is -2.03. The Morgan fingerprint density at radius 1 is 1.00 bits per heavy atom. The van der Waals surface area contributed by atoms with E-state index in [1.807, 2.05) is 0 Å². The number of halogens is 2. The molecule has 0 aliphatic rings. The van der Waals surface area contributed by atoms with Crippen molar-refractivity contribution in [1.82, 2.24) is 0 Å². The molecule has 0 bridgehead atoms. The monoisotopic (exact) mass is 232 g/mol. The maximum absolute atomic E-state index is 13.6. The minimum atomic E-state index is -0.473. The first kappa shape index (κ1) is 11.5. The fourth-order valence-electron chi connectivity index (χ4n) is 1.60. The van der Waals surface area contributed by atoms with E-state index in [-0.39, 0.29) is 5.56 Å². The van der Waals surface area contributed by atoms with E-state index in [0.717, 1.165) is 0 Å². The number of hydrogen-bond acceptors (Lipinski definition) is 1. The molecule has 2 aromatic carbocycles. The summed E-state index contributed by atoms with van der Waals surface area (Å²) in [6.45, 7) is 1.64. The average molecular weight is 232 g/mol. The van der Waals surface area contributed by atoms with Crippen molar-refractivity contribution < 1.29 is 13.6 Å². The standard InChI is InChI=1S/C14H10F2O/c1-9-2-4-11(7-14(9)16)12-6-10(8-17)3-5-13(12)15/h2-8H,1H3. The Bertz CT molecular complexity index is 576. The first-order valence-electron chi connectivity index (χ1n) is 5.13. The summed E-state index contributed by atoms with van der Waals surface area (Å²) >= 11 is 0. The molecule has 0 aliphatic heterocycles. The number of rotatable bonds is 2. The van der Waals surface area contributed by atoms with E-state index < -0.39 is 11.6 Å². The Kier molecular flexibility index (Phi) is 3.00. The molecule has 0 amide bonds. The molecule has 2 rings (SSSR count). The van der Waals surface area contributed by atoms with Crippen LogP contribution >= 0.6 is 0 Å². The third-order valence-electron chi connectivity index (χ3n) is 2.61. The van der Waals surface area contributed by atoms with Crippen LogP contribution in [0.4, 0.5) is 8.78 Å². The van der Waals surface area contributed by atoms with E-state index in [4.69, 9.17) is 0 Å². The first-order chi connectivity index (χ1) is 8.11. The lowest BCUT2D eigenvalue weighted by Gasteiger charge is -2.05. The first-order valence-corrected chi connectivity index (χ1v) is 5.13. The third-order valence-corrected chi connectivity index (χ3v) is 2.61. The van der Waals surface area contributed by atoms with Crippen LogP contribution in [0.15, 0.2) is 36.4 Å². The van der Waals surface area contributed by atoms with Gasteiger partial charge in [-0.1, -0.05) is 12.1 Å². The summed E-state index contributed by atoms with van der Waals surface area (Å²) in [5.41, 5.74) is 1.52. The molecule has 0 radical (unpaired) electrons. The summed E-state index contributed by atoms with van der Waals surface area (Å²) in [5, 5.41) is 0. The molecular formula is C14H10F2O. The maximum atomic E-state index is 13.6. The van der Waals surface area contributed by atoms with Gasteiger partial charge >= 0.3 is 0 Å². The molecule has 17 heavy (non-hydrogen) atoms. The van der Waals surface area contributed by atoms with Gasteiger partial charge in [0.1, 0.15) is 17.9 Å². The van der Waals surface area contributed by atoms with E-state index in [0.29, 0.717) is 23.0 Å². The van der Waals surface area contributed by atoms with Crippen molar-refractivity contribution in [2.24, 2.45) is 0 Å². The smallest absolute Gasteiger partial charge is 0.150 e. The molecule has 86 valence electrons. The SMILES string of the molecule is Cc1ccc(-c2cc(C=O)ccc2F)cc1F. The van der Waals surface area contributed by atoms with Gasteiger partial charge in [-0.25, -0.2) is 8.78 Å². The normalized spacial score (nSPS) is 10.3. The van der Waals surface area contributed by atoms with Crippen LogP contribution in [-0.2, 0) is 0 Å². The molecule has 0 spiro atoms. The predicted octanol–water partition coefficient (Wildman–Crippen LogP) is 3.75. The van der Waals surface area contributed by atoms with Crippen LogP contribution in [0.3, 0.4) is 0 Å². The highest BCUT2D eigenvalue weighted by Gasteiger charge is 2.08. The summed E-state index contributed by atoms with van der Waals surface area (Å²) in [5.74, 6) is -0.864. The quantitative estimate of drug-likeness (QED) is 0.720. The Morgan fingerprint density at radius 2 is 1.76 bits per heavy atom. The number of aryl methyl sites for hydroxylation is 1. The zero-order chi connectivity index (χ0) is 12.4. The predicted molar refractivity (Wildman–Crippen MR) is 61.9 cm³/mol. The van der Waals surface area contributed by atoms with E-state index in [9.17, 15) is 13.6 Å². The highest BCUT2D eigenvalue weighted by atomic mass is 19.1. The number of carbonyl (C=O) groups excluding carboxylic acids is 1. The van der Waals surface area contributed by atoms with Gasteiger partial charge < -0.3 is 0 Å². The fourth-order valence-corrected chi connectivity index (χ4v) is 1.60. The Balaban J connectivity index is 2.58. The second-order valence-corrected chi connectivity index (χ2v) is 3.82. The minimum Gasteiger partial charge on any atom is -0.298 e. The number of benzene rings is 2. The van der Waals surface area contributed by atoms with Gasteiger partial charge in [0.2, 0.25) is 0 Å². The number of aldehydes is 1. The van der Waals surface area contributed by atoms with Crippen molar-refractivity contribution >= 4 is 6.29 Å². The zero-order valence-electron chi connectivity index (χ0n) is 9.21. The van der Waals surface area contributed by atoms with Crippen LogP contribution < -0.4 is 0 Å². The number of carbonyl (C=O) groups is 1. The Morgan fingerprint density at radius 3 is 2.41 bits per heavy atom. The molecule has 0 saturated heterocycles. The van der Waals surface area contributed by atoms with Crippen LogP contribution in [0.1, 0.15) is 15.9 Å². The second-order valence-electron chi connectivity index (χ2n) is 3.82. The second kappa shape index (κ2) is 4.45. The summed E-state index contributed by atoms with van der Waals surface area (Å²) < 4.78 is 27.0. The van der Waals surface area contributed by atoms with E-state index >= 15 is 0 Å². The highest BCUT2D eigenvalue weighted by Crippen LogP contribution is 2.25. The molecule has 1 nitrogen and oxygen atoms in total. The molecule has 0 unspecified atom stereocenters. The molecule has 0 aliphatic carbocycles. The van der Waals surface area contributed by atoms with Crippen molar-refractivity contribution in [1.29, 1.82) is 0 Å². The molecule has 3 heteroatoms. The molecule has 0 saturated carbocycles. The van der Waals surface area contributed by atoms with E-state index in [1.165, 1.54) is 24.3 Å². The summed E-state index contributed by atoms with van der Waals surface area (Å²) in [4.78, 5) is 10.6. The lowest BCUT2D eigenvalue weighted by atomic mass is 10.0. The van der Waals surface area contributed by atoms with Crippen LogP contribution in [-0.4, -0.2) is 6.29 Å². The van der Waals surface area contributed by atoms with Gasteiger partial charge in [-0.2, -0.15) is 0 Å². The van der Waals surface area contributed by atoms with Crippen LogP contribution in [0.2, 0.25) is 0 Å². The van der Waals surface area contributed by atoms with Crippen molar-refractivity contribution in [3.05, 3.63) is 59.2 Å². The summed E-state index contributed by atoms with van der Waals surface area (Å²) in [7, 11) is 0. The van der Waals surface area contributed by atoms with Gasteiger partial charge in [0.05, 0.1) is 0 Å². The fraction of sp³-hybridized carbons (Fsp3) is 0.0714. The van der Waals surface area contributed by atoms with Gasteiger partial charge in [0, 0.05) is 11.1 Å². The van der Waals surface area contributed by atoms with Gasteiger partial charge in [0.15, 0.2) is 0 Å². The molecule has 0 heterocycles. The molecule has 0 aromatic heterocycles. The van der Waals surface area contributed by atoms with E-state index in [2.05, 4.69) is 0 Å². The summed E-state index contributed by atoms with van der Waals surface area (Å²) in [6.07, 6.45) is 0.632. The molecule has 2 aromatic rings. The molecular weight excluding hydrogens is 222 g/mol. The van der Waals surface area contributed by atoms with E-state index in [1.54, 1.807) is 19.1 Å². The molecule has 0 fully saturated rings.